The minimum Gasteiger partial charge on any atom is -0.493 e. The highest BCUT2D eigenvalue weighted by molar-refractivity contribution is 7.89. The molecule has 2 aromatic carbocycles. The van der Waals surface area contributed by atoms with Crippen LogP contribution in [0.4, 0.5) is 5.69 Å². The van der Waals surface area contributed by atoms with Gasteiger partial charge in [-0.2, -0.15) is 4.31 Å². The van der Waals surface area contributed by atoms with Crippen molar-refractivity contribution in [2.75, 3.05) is 32.1 Å². The van der Waals surface area contributed by atoms with Crippen molar-refractivity contribution in [2.45, 2.75) is 44.1 Å². The molecule has 0 unspecified atom stereocenters. The van der Waals surface area contributed by atoms with Crippen LogP contribution in [0.25, 0.3) is 0 Å². The van der Waals surface area contributed by atoms with E-state index in [1.807, 2.05) is 13.8 Å². The molecule has 9 nitrogen and oxygen atoms in total. The number of carbonyl (C=O) groups excluding carboxylic acids is 2. The summed E-state index contributed by atoms with van der Waals surface area (Å²) in [6.45, 7) is 4.29. The number of esters is 1. The zero-order valence-corrected chi connectivity index (χ0v) is 20.4. The molecular formula is C24H30N2O7S. The Morgan fingerprint density at radius 2 is 1.68 bits per heavy atom. The number of anilines is 1. The predicted octanol–water partition coefficient (Wildman–Crippen LogP) is 3.45. The van der Waals surface area contributed by atoms with E-state index in [2.05, 4.69) is 5.32 Å². The summed E-state index contributed by atoms with van der Waals surface area (Å²) in [5, 5.41) is 2.59. The molecule has 0 radical (unpaired) electrons. The van der Waals surface area contributed by atoms with Crippen LogP contribution in [0.5, 0.6) is 11.5 Å². The fourth-order valence-corrected chi connectivity index (χ4v) is 5.04. The number of rotatable bonds is 9. The number of piperidine rings is 1. The molecule has 1 aliphatic rings. The van der Waals surface area contributed by atoms with Crippen molar-refractivity contribution >= 4 is 27.6 Å². The van der Waals surface area contributed by atoms with Gasteiger partial charge in [0.1, 0.15) is 0 Å². The Hall–Kier alpha value is -3.11. The fraction of sp³-hybridized carbons (Fsp3) is 0.417. The fourth-order valence-electron chi connectivity index (χ4n) is 3.52. The second-order valence-electron chi connectivity index (χ2n) is 8.15. The molecule has 0 bridgehead atoms. The number of nitrogens with zero attached hydrogens (tertiary/aromatic N) is 1. The van der Waals surface area contributed by atoms with Crippen LogP contribution in [0.2, 0.25) is 0 Å². The molecule has 34 heavy (non-hydrogen) atoms. The van der Waals surface area contributed by atoms with Gasteiger partial charge in [0.15, 0.2) is 18.1 Å². The summed E-state index contributed by atoms with van der Waals surface area (Å²) >= 11 is 0. The molecule has 2 aromatic rings. The maximum absolute atomic E-state index is 12.7. The number of methoxy groups -OCH3 is 1. The number of nitrogens with one attached hydrogen (secondary N) is 1. The molecule has 10 heteroatoms. The van der Waals surface area contributed by atoms with Gasteiger partial charge in [-0.3, -0.25) is 4.79 Å². The molecule has 1 amide bonds. The molecule has 0 spiro atoms. The van der Waals surface area contributed by atoms with Crippen molar-refractivity contribution in [2.24, 2.45) is 0 Å². The van der Waals surface area contributed by atoms with Gasteiger partial charge in [0, 0.05) is 18.8 Å². The molecule has 1 N–H and O–H groups in total. The molecule has 0 atom stereocenters. The molecule has 0 saturated carbocycles. The minimum absolute atomic E-state index is 0.0608. The van der Waals surface area contributed by atoms with Gasteiger partial charge in [-0.25, -0.2) is 13.2 Å². The quantitative estimate of drug-likeness (QED) is 0.536. The van der Waals surface area contributed by atoms with E-state index in [-0.39, 0.29) is 16.6 Å². The van der Waals surface area contributed by atoms with Gasteiger partial charge in [-0.15, -0.1) is 0 Å². The average Bonchev–Trinajstić information content (AvgIpc) is 2.83. The van der Waals surface area contributed by atoms with Crippen LogP contribution in [0.3, 0.4) is 0 Å². The van der Waals surface area contributed by atoms with Gasteiger partial charge < -0.3 is 19.5 Å². The van der Waals surface area contributed by atoms with E-state index >= 15 is 0 Å². The third kappa shape index (κ3) is 6.48. The highest BCUT2D eigenvalue weighted by Crippen LogP contribution is 2.29. The number of sulfonamides is 1. The van der Waals surface area contributed by atoms with Crippen LogP contribution in [0.1, 0.15) is 43.5 Å². The van der Waals surface area contributed by atoms with Crippen molar-refractivity contribution in [1.29, 1.82) is 0 Å². The molecule has 1 fully saturated rings. The van der Waals surface area contributed by atoms with E-state index < -0.39 is 28.5 Å². The van der Waals surface area contributed by atoms with E-state index in [9.17, 15) is 18.0 Å². The number of hydrogen-bond acceptors (Lipinski definition) is 7. The van der Waals surface area contributed by atoms with Crippen LogP contribution in [0.15, 0.2) is 47.4 Å². The maximum Gasteiger partial charge on any atom is 0.338 e. The van der Waals surface area contributed by atoms with E-state index in [1.54, 1.807) is 6.07 Å². The molecule has 3 rings (SSSR count). The summed E-state index contributed by atoms with van der Waals surface area (Å²) in [7, 11) is -2.08. The Morgan fingerprint density at radius 1 is 1.00 bits per heavy atom. The zero-order chi connectivity index (χ0) is 24.7. The molecule has 184 valence electrons. The van der Waals surface area contributed by atoms with Crippen LogP contribution in [0, 0.1) is 0 Å². The first-order valence-electron chi connectivity index (χ1n) is 11.1. The summed E-state index contributed by atoms with van der Waals surface area (Å²) in [4.78, 5) is 24.7. The summed E-state index contributed by atoms with van der Waals surface area (Å²) in [5.41, 5.74) is 0.614. The van der Waals surface area contributed by atoms with Crippen molar-refractivity contribution < 1.29 is 32.2 Å². The number of benzene rings is 2. The lowest BCUT2D eigenvalue weighted by Gasteiger charge is -2.25. The van der Waals surface area contributed by atoms with Crippen LogP contribution in [-0.4, -0.2) is 57.5 Å². The molecule has 0 aliphatic carbocycles. The molecule has 1 heterocycles. The van der Waals surface area contributed by atoms with Gasteiger partial charge in [0.25, 0.3) is 5.91 Å². The third-order valence-corrected chi connectivity index (χ3v) is 7.10. The van der Waals surface area contributed by atoms with E-state index in [0.717, 1.165) is 19.3 Å². The molecule has 0 aromatic heterocycles. The lowest BCUT2D eigenvalue weighted by Crippen LogP contribution is -2.35. The minimum atomic E-state index is -3.54. The van der Waals surface area contributed by atoms with Crippen molar-refractivity contribution in [1.82, 2.24) is 4.31 Å². The van der Waals surface area contributed by atoms with Gasteiger partial charge in [0.05, 0.1) is 23.7 Å². The number of hydrogen-bond donors (Lipinski definition) is 1. The standard InChI is InChI=1S/C24H30N2O7S/c1-17(2)33-21-12-7-18(15-22(21)31-3)24(28)32-16-23(27)25-19-8-10-20(11-9-19)34(29,30)26-13-5-4-6-14-26/h7-12,15,17H,4-6,13-14,16H2,1-3H3,(H,25,27). The van der Waals surface area contributed by atoms with Gasteiger partial charge in [-0.05, 0) is 69.2 Å². The first-order valence-corrected chi connectivity index (χ1v) is 12.6. The van der Waals surface area contributed by atoms with Crippen LogP contribution >= 0.6 is 0 Å². The Kier molecular flexibility index (Phi) is 8.51. The van der Waals surface area contributed by atoms with Gasteiger partial charge in [0.2, 0.25) is 10.0 Å². The third-order valence-electron chi connectivity index (χ3n) is 5.19. The number of carbonyl (C=O) groups is 2. The topological polar surface area (TPSA) is 111 Å². The Bertz CT molecular complexity index is 1110. The Morgan fingerprint density at radius 3 is 2.29 bits per heavy atom. The highest BCUT2D eigenvalue weighted by Gasteiger charge is 2.25. The second kappa shape index (κ2) is 11.3. The summed E-state index contributed by atoms with van der Waals surface area (Å²) in [6.07, 6.45) is 2.69. The number of amides is 1. The average molecular weight is 491 g/mol. The maximum atomic E-state index is 12.7. The lowest BCUT2D eigenvalue weighted by molar-refractivity contribution is -0.119. The SMILES string of the molecule is COc1cc(C(=O)OCC(=O)Nc2ccc(S(=O)(=O)N3CCCCC3)cc2)ccc1OC(C)C. The molecule has 1 aliphatic heterocycles. The monoisotopic (exact) mass is 490 g/mol. The summed E-state index contributed by atoms with van der Waals surface area (Å²) in [5.74, 6) is -0.357. The van der Waals surface area contributed by atoms with E-state index in [1.165, 1.54) is 47.8 Å². The predicted molar refractivity (Wildman–Crippen MR) is 127 cm³/mol. The zero-order valence-electron chi connectivity index (χ0n) is 19.6. The van der Waals surface area contributed by atoms with Crippen molar-refractivity contribution in [3.05, 3.63) is 48.0 Å². The second-order valence-corrected chi connectivity index (χ2v) is 10.1. The van der Waals surface area contributed by atoms with Gasteiger partial charge >= 0.3 is 5.97 Å². The van der Waals surface area contributed by atoms with Crippen molar-refractivity contribution in [3.63, 3.8) is 0 Å². The highest BCUT2D eigenvalue weighted by atomic mass is 32.2. The van der Waals surface area contributed by atoms with E-state index in [4.69, 9.17) is 14.2 Å². The smallest absolute Gasteiger partial charge is 0.338 e. The summed E-state index contributed by atoms with van der Waals surface area (Å²) in [6, 6.07) is 10.6. The van der Waals surface area contributed by atoms with Crippen LogP contribution in [-0.2, 0) is 19.6 Å². The summed E-state index contributed by atoms with van der Waals surface area (Å²) < 4.78 is 42.9. The molecular weight excluding hydrogens is 460 g/mol. The first kappa shape index (κ1) is 25.5. The Balaban J connectivity index is 1.55. The Labute approximate surface area is 200 Å². The largest absolute Gasteiger partial charge is 0.493 e. The van der Waals surface area contributed by atoms with Crippen LogP contribution < -0.4 is 14.8 Å². The lowest BCUT2D eigenvalue weighted by atomic mass is 10.2. The van der Waals surface area contributed by atoms with Gasteiger partial charge in [-0.1, -0.05) is 6.42 Å². The molecule has 1 saturated heterocycles. The first-order chi connectivity index (χ1) is 16.2. The normalized spacial score (nSPS) is 14.5. The van der Waals surface area contributed by atoms with E-state index in [0.29, 0.717) is 30.3 Å². The number of ether oxygens (including phenoxy) is 3. The van der Waals surface area contributed by atoms with Crippen molar-refractivity contribution in [3.8, 4) is 11.5 Å².